The van der Waals surface area contributed by atoms with Gasteiger partial charge in [-0.15, -0.1) is 0 Å². The van der Waals surface area contributed by atoms with Crippen LogP contribution in [0.3, 0.4) is 0 Å². The van der Waals surface area contributed by atoms with Gasteiger partial charge in [0.15, 0.2) is 0 Å². The maximum atomic E-state index is 12.2. The highest BCUT2D eigenvalue weighted by Gasteiger charge is 2.30. The molecule has 0 radical (unpaired) electrons. The number of nitrogens with two attached hydrogens (primary N) is 1. The van der Waals surface area contributed by atoms with Crippen molar-refractivity contribution in [2.75, 3.05) is 12.0 Å². The van der Waals surface area contributed by atoms with E-state index in [2.05, 4.69) is 16.0 Å². The number of rotatable bonds is 11. The van der Waals surface area contributed by atoms with E-state index in [1.807, 2.05) is 6.26 Å². The maximum absolute atomic E-state index is 12.2. The Morgan fingerprint density at radius 1 is 0.962 bits per heavy atom. The Morgan fingerprint density at radius 2 is 1.50 bits per heavy atom. The zero-order chi connectivity index (χ0) is 20.4. The largest absolute Gasteiger partial charge is 0.480 e. The molecule has 7 N–H and O–H groups in total. The molecule has 0 fully saturated rings. The minimum Gasteiger partial charge on any atom is -0.480 e. The summed E-state index contributed by atoms with van der Waals surface area (Å²) in [5.41, 5.74) is 5.72. The van der Waals surface area contributed by atoms with Gasteiger partial charge in [-0.1, -0.05) is 0 Å². The number of carbonyl (C=O) groups is 4. The molecule has 5 unspecified atom stereocenters. The van der Waals surface area contributed by atoms with E-state index < -0.39 is 54.0 Å². The summed E-state index contributed by atoms with van der Waals surface area (Å²) in [7, 11) is 0. The van der Waals surface area contributed by atoms with E-state index in [0.717, 1.165) is 0 Å². The average molecular weight is 392 g/mol. The Kier molecular flexibility index (Phi) is 10.9. The molecule has 0 aliphatic rings. The van der Waals surface area contributed by atoms with Crippen LogP contribution in [0.2, 0.25) is 0 Å². The second kappa shape index (κ2) is 11.7. The first-order valence-corrected chi connectivity index (χ1v) is 9.47. The zero-order valence-corrected chi connectivity index (χ0v) is 16.1. The molecule has 0 spiro atoms. The summed E-state index contributed by atoms with van der Waals surface area (Å²) in [4.78, 5) is 46.9. The molecule has 0 aliphatic heterocycles. The lowest BCUT2D eigenvalue weighted by atomic mass is 10.1. The summed E-state index contributed by atoms with van der Waals surface area (Å²) in [5.74, 6) is -2.62. The van der Waals surface area contributed by atoms with Crippen molar-refractivity contribution >= 4 is 35.5 Å². The van der Waals surface area contributed by atoms with Crippen molar-refractivity contribution in [2.45, 2.75) is 57.5 Å². The van der Waals surface area contributed by atoms with Gasteiger partial charge in [0.25, 0.3) is 0 Å². The molecule has 0 aliphatic carbocycles. The van der Waals surface area contributed by atoms with Crippen molar-refractivity contribution in [1.29, 1.82) is 0 Å². The summed E-state index contributed by atoms with van der Waals surface area (Å²) in [5, 5.41) is 25.4. The number of amides is 3. The lowest BCUT2D eigenvalue weighted by Crippen LogP contribution is -2.59. The Balaban J connectivity index is 4.77. The summed E-state index contributed by atoms with van der Waals surface area (Å²) < 4.78 is 0. The molecular formula is C15H28N4O6S. The number of thioether (sulfide) groups is 1. The summed E-state index contributed by atoms with van der Waals surface area (Å²) in [6.45, 7) is 3.93. The Bertz CT molecular complexity index is 516. The summed E-state index contributed by atoms with van der Waals surface area (Å²) in [6, 6.07) is -4.31. The van der Waals surface area contributed by atoms with E-state index >= 15 is 0 Å². The number of aliphatic hydroxyl groups is 1. The molecule has 5 atom stereocenters. The third-order valence-corrected chi connectivity index (χ3v) is 4.16. The fraction of sp³-hybridized carbons (Fsp3) is 0.733. The number of hydrogen-bond donors (Lipinski definition) is 6. The summed E-state index contributed by atoms with van der Waals surface area (Å²) >= 11 is 1.54. The van der Waals surface area contributed by atoms with Crippen LogP contribution in [0.1, 0.15) is 27.2 Å². The van der Waals surface area contributed by atoms with Crippen LogP contribution < -0.4 is 21.7 Å². The van der Waals surface area contributed by atoms with Crippen LogP contribution in [-0.4, -0.2) is 76.2 Å². The normalized spacial score (nSPS) is 16.5. The molecule has 0 saturated heterocycles. The molecule has 150 valence electrons. The van der Waals surface area contributed by atoms with Crippen LogP contribution in [0, 0.1) is 0 Å². The summed E-state index contributed by atoms with van der Waals surface area (Å²) in [6.07, 6.45) is 1.06. The molecule has 26 heavy (non-hydrogen) atoms. The van der Waals surface area contributed by atoms with Crippen LogP contribution in [0.4, 0.5) is 0 Å². The number of carboxylic acid groups (broad SMARTS) is 1. The van der Waals surface area contributed by atoms with Gasteiger partial charge in [0.2, 0.25) is 17.7 Å². The first kappa shape index (κ1) is 24.1. The number of hydrogen-bond acceptors (Lipinski definition) is 7. The van der Waals surface area contributed by atoms with E-state index in [9.17, 15) is 24.3 Å². The lowest BCUT2D eigenvalue weighted by molar-refractivity contribution is -0.142. The predicted octanol–water partition coefficient (Wildman–Crippen LogP) is -1.97. The molecule has 0 aromatic rings. The highest BCUT2D eigenvalue weighted by atomic mass is 32.2. The smallest absolute Gasteiger partial charge is 0.325 e. The number of aliphatic hydroxyl groups excluding tert-OH is 1. The predicted molar refractivity (Wildman–Crippen MR) is 97.4 cm³/mol. The molecule has 0 aromatic heterocycles. The Morgan fingerprint density at radius 3 is 1.96 bits per heavy atom. The van der Waals surface area contributed by atoms with Crippen molar-refractivity contribution < 1.29 is 29.4 Å². The zero-order valence-electron chi connectivity index (χ0n) is 15.3. The second-order valence-corrected chi connectivity index (χ2v) is 6.90. The molecule has 0 bridgehead atoms. The minimum atomic E-state index is -1.37. The van der Waals surface area contributed by atoms with Crippen molar-refractivity contribution in [2.24, 2.45) is 5.73 Å². The number of aliphatic carboxylic acids is 1. The quantitative estimate of drug-likeness (QED) is 0.235. The molecule has 10 nitrogen and oxygen atoms in total. The van der Waals surface area contributed by atoms with E-state index in [1.165, 1.54) is 20.8 Å². The fourth-order valence-corrected chi connectivity index (χ4v) is 2.30. The third-order valence-electron chi connectivity index (χ3n) is 3.51. The van der Waals surface area contributed by atoms with Gasteiger partial charge in [-0.05, 0) is 39.2 Å². The van der Waals surface area contributed by atoms with Gasteiger partial charge in [-0.25, -0.2) is 0 Å². The minimum absolute atomic E-state index is 0.452. The van der Waals surface area contributed by atoms with Crippen LogP contribution in [-0.2, 0) is 19.2 Å². The Labute approximate surface area is 156 Å². The van der Waals surface area contributed by atoms with Gasteiger partial charge in [0.1, 0.15) is 18.1 Å². The van der Waals surface area contributed by atoms with E-state index in [1.54, 1.807) is 11.8 Å². The van der Waals surface area contributed by atoms with Crippen molar-refractivity contribution in [3.05, 3.63) is 0 Å². The molecule has 0 rings (SSSR count). The van der Waals surface area contributed by atoms with Crippen molar-refractivity contribution in [3.8, 4) is 0 Å². The molecule has 0 saturated carbocycles. The highest BCUT2D eigenvalue weighted by Crippen LogP contribution is 2.00. The molecule has 3 amide bonds. The second-order valence-electron chi connectivity index (χ2n) is 5.91. The molecular weight excluding hydrogens is 364 g/mol. The van der Waals surface area contributed by atoms with Gasteiger partial charge in [0.05, 0.1) is 12.1 Å². The monoisotopic (exact) mass is 392 g/mol. The van der Waals surface area contributed by atoms with E-state index in [4.69, 9.17) is 10.8 Å². The van der Waals surface area contributed by atoms with Crippen molar-refractivity contribution in [1.82, 2.24) is 16.0 Å². The SMILES string of the molecule is CSCCC(N)C(=O)NC(C)C(=O)NC(C(=O)NC(C)C(=O)O)C(C)O. The van der Waals surface area contributed by atoms with E-state index in [0.29, 0.717) is 12.2 Å². The Hall–Kier alpha value is -1.85. The van der Waals surface area contributed by atoms with Crippen LogP contribution in [0.25, 0.3) is 0 Å². The fourth-order valence-electron chi connectivity index (χ4n) is 1.81. The van der Waals surface area contributed by atoms with Gasteiger partial charge in [-0.2, -0.15) is 11.8 Å². The van der Waals surface area contributed by atoms with Gasteiger partial charge < -0.3 is 31.9 Å². The third kappa shape index (κ3) is 8.50. The first-order chi connectivity index (χ1) is 12.0. The number of nitrogens with one attached hydrogen (secondary N) is 3. The number of carboxylic acids is 1. The number of carbonyl (C=O) groups excluding carboxylic acids is 3. The standard InChI is InChI=1S/C15H28N4O6S/c1-7(17-13(22)10(16)5-6-26-4)12(21)19-11(9(3)20)14(23)18-8(2)15(24)25/h7-11,20H,5-6,16H2,1-4H3,(H,17,22)(H,18,23)(H,19,21)(H,24,25). The molecule has 0 heterocycles. The average Bonchev–Trinajstić information content (AvgIpc) is 2.56. The van der Waals surface area contributed by atoms with Gasteiger partial charge in [0, 0.05) is 0 Å². The first-order valence-electron chi connectivity index (χ1n) is 8.07. The maximum Gasteiger partial charge on any atom is 0.325 e. The molecule has 0 aromatic carbocycles. The van der Waals surface area contributed by atoms with E-state index in [-0.39, 0.29) is 0 Å². The van der Waals surface area contributed by atoms with Crippen molar-refractivity contribution in [3.63, 3.8) is 0 Å². The van der Waals surface area contributed by atoms with Crippen LogP contribution in [0.5, 0.6) is 0 Å². The van der Waals surface area contributed by atoms with Gasteiger partial charge in [-0.3, -0.25) is 19.2 Å². The lowest BCUT2D eigenvalue weighted by Gasteiger charge is -2.24. The van der Waals surface area contributed by atoms with Crippen LogP contribution >= 0.6 is 11.8 Å². The topological polar surface area (TPSA) is 171 Å². The molecule has 11 heteroatoms. The van der Waals surface area contributed by atoms with Gasteiger partial charge >= 0.3 is 5.97 Å². The highest BCUT2D eigenvalue weighted by molar-refractivity contribution is 7.98. The van der Waals surface area contributed by atoms with Crippen LogP contribution in [0.15, 0.2) is 0 Å².